The fourth-order valence-electron chi connectivity index (χ4n) is 2.01. The van der Waals surface area contributed by atoms with Crippen LogP contribution >= 0.6 is 23.2 Å². The SMILES string of the molecule is CS(=O)(=O)c1ccc(Cl)c(NC(=O)COC(=O)c2ccc([N+](=O)[O-])cc2Cl)c1. The second-order valence-corrected chi connectivity index (χ2v) is 8.29. The maximum atomic E-state index is 12.0. The fourth-order valence-corrected chi connectivity index (χ4v) is 3.07. The van der Waals surface area contributed by atoms with Crippen molar-refractivity contribution in [2.45, 2.75) is 4.90 Å². The number of esters is 1. The fraction of sp³-hybridized carbons (Fsp3) is 0.125. The number of nitrogens with one attached hydrogen (secondary N) is 1. The maximum absolute atomic E-state index is 12.0. The Morgan fingerprint density at radius 3 is 2.39 bits per heavy atom. The van der Waals surface area contributed by atoms with Crippen LogP contribution in [0, 0.1) is 10.1 Å². The van der Waals surface area contributed by atoms with E-state index in [9.17, 15) is 28.1 Å². The molecule has 9 nitrogen and oxygen atoms in total. The van der Waals surface area contributed by atoms with Crippen molar-refractivity contribution in [3.63, 3.8) is 0 Å². The zero-order valence-electron chi connectivity index (χ0n) is 14.1. The van der Waals surface area contributed by atoms with E-state index in [0.717, 1.165) is 24.5 Å². The number of rotatable bonds is 6. The number of ether oxygens (including phenoxy) is 1. The lowest BCUT2D eigenvalue weighted by Crippen LogP contribution is -2.21. The highest BCUT2D eigenvalue weighted by Crippen LogP contribution is 2.26. The van der Waals surface area contributed by atoms with Gasteiger partial charge in [-0.1, -0.05) is 23.2 Å². The first-order chi connectivity index (χ1) is 13.0. The smallest absolute Gasteiger partial charge is 0.340 e. The topological polar surface area (TPSA) is 133 Å². The minimum absolute atomic E-state index is 0.0269. The number of carbonyl (C=O) groups is 2. The minimum Gasteiger partial charge on any atom is -0.452 e. The largest absolute Gasteiger partial charge is 0.452 e. The van der Waals surface area contributed by atoms with Crippen LogP contribution in [-0.4, -0.2) is 38.1 Å². The van der Waals surface area contributed by atoms with Crippen molar-refractivity contribution in [2.75, 3.05) is 18.2 Å². The zero-order chi connectivity index (χ0) is 21.1. The van der Waals surface area contributed by atoms with E-state index in [1.807, 2.05) is 0 Å². The molecule has 0 unspecified atom stereocenters. The second-order valence-electron chi connectivity index (χ2n) is 5.46. The molecule has 28 heavy (non-hydrogen) atoms. The van der Waals surface area contributed by atoms with E-state index in [1.165, 1.54) is 18.2 Å². The summed E-state index contributed by atoms with van der Waals surface area (Å²) in [4.78, 5) is 33.9. The highest BCUT2D eigenvalue weighted by Gasteiger charge is 2.18. The van der Waals surface area contributed by atoms with Crippen molar-refractivity contribution < 1.29 is 27.7 Å². The molecule has 0 aliphatic carbocycles. The summed E-state index contributed by atoms with van der Waals surface area (Å²) < 4.78 is 28.0. The summed E-state index contributed by atoms with van der Waals surface area (Å²) in [5, 5.41) is 12.9. The van der Waals surface area contributed by atoms with Gasteiger partial charge in [0.1, 0.15) is 0 Å². The Balaban J connectivity index is 2.05. The monoisotopic (exact) mass is 446 g/mol. The summed E-state index contributed by atoms with van der Waals surface area (Å²) in [5.74, 6) is -1.75. The third kappa shape index (κ3) is 5.41. The maximum Gasteiger partial charge on any atom is 0.340 e. The Hall–Kier alpha value is -2.69. The zero-order valence-corrected chi connectivity index (χ0v) is 16.5. The predicted octanol–water partition coefficient (Wildman–Crippen LogP) is 3.10. The molecular formula is C16H12Cl2N2O7S. The van der Waals surface area contributed by atoms with Gasteiger partial charge in [-0.15, -0.1) is 0 Å². The lowest BCUT2D eigenvalue weighted by atomic mass is 10.2. The van der Waals surface area contributed by atoms with Crippen molar-refractivity contribution in [1.82, 2.24) is 0 Å². The summed E-state index contributed by atoms with van der Waals surface area (Å²) in [6.45, 7) is -0.717. The number of nitro benzene ring substituents is 1. The van der Waals surface area contributed by atoms with Gasteiger partial charge in [0, 0.05) is 18.4 Å². The molecule has 1 N–H and O–H groups in total. The molecule has 2 aromatic rings. The molecule has 0 fully saturated rings. The summed E-state index contributed by atoms with van der Waals surface area (Å²) >= 11 is 11.7. The number of hydrogen-bond donors (Lipinski definition) is 1. The third-order valence-corrected chi connectivity index (χ3v) is 5.11. The number of non-ortho nitro benzene ring substituents is 1. The first-order valence-corrected chi connectivity index (χ1v) is 10.0. The summed E-state index contributed by atoms with van der Waals surface area (Å²) in [6.07, 6.45) is 0.998. The highest BCUT2D eigenvalue weighted by molar-refractivity contribution is 7.90. The normalized spacial score (nSPS) is 11.0. The van der Waals surface area contributed by atoms with Crippen LogP contribution in [0.1, 0.15) is 10.4 Å². The molecule has 0 aliphatic heterocycles. The molecule has 0 atom stereocenters. The number of halogens is 2. The molecule has 148 valence electrons. The second kappa shape index (κ2) is 8.55. The molecule has 0 heterocycles. The van der Waals surface area contributed by atoms with Gasteiger partial charge in [0.25, 0.3) is 11.6 Å². The number of amides is 1. The number of benzene rings is 2. The Bertz CT molecular complexity index is 1070. The molecule has 12 heteroatoms. The van der Waals surface area contributed by atoms with Gasteiger partial charge in [-0.25, -0.2) is 13.2 Å². The molecule has 0 saturated carbocycles. The summed E-state index contributed by atoms with van der Waals surface area (Å²) in [7, 11) is -3.51. The first-order valence-electron chi connectivity index (χ1n) is 7.39. The van der Waals surface area contributed by atoms with Gasteiger partial charge >= 0.3 is 5.97 Å². The summed E-state index contributed by atoms with van der Waals surface area (Å²) in [5.41, 5.74) is -0.434. The average Bonchev–Trinajstić information content (AvgIpc) is 2.60. The van der Waals surface area contributed by atoms with E-state index in [1.54, 1.807) is 0 Å². The van der Waals surface area contributed by atoms with Gasteiger partial charge in [-0.05, 0) is 24.3 Å². The van der Waals surface area contributed by atoms with E-state index in [0.29, 0.717) is 0 Å². The van der Waals surface area contributed by atoms with Gasteiger partial charge < -0.3 is 10.1 Å². The Morgan fingerprint density at radius 2 is 1.82 bits per heavy atom. The lowest BCUT2D eigenvalue weighted by molar-refractivity contribution is -0.384. The number of nitro groups is 1. The highest BCUT2D eigenvalue weighted by atomic mass is 35.5. The van der Waals surface area contributed by atoms with Crippen molar-refractivity contribution in [1.29, 1.82) is 0 Å². The number of carbonyl (C=O) groups excluding carboxylic acids is 2. The van der Waals surface area contributed by atoms with Crippen LogP contribution < -0.4 is 5.32 Å². The van der Waals surface area contributed by atoms with Crippen LogP contribution in [0.2, 0.25) is 10.0 Å². The van der Waals surface area contributed by atoms with Crippen molar-refractivity contribution >= 4 is 56.3 Å². The third-order valence-electron chi connectivity index (χ3n) is 3.36. The number of anilines is 1. The van der Waals surface area contributed by atoms with Gasteiger partial charge in [0.2, 0.25) is 0 Å². The van der Waals surface area contributed by atoms with Crippen LogP contribution in [0.4, 0.5) is 11.4 Å². The molecular weight excluding hydrogens is 435 g/mol. The van der Waals surface area contributed by atoms with E-state index >= 15 is 0 Å². The van der Waals surface area contributed by atoms with E-state index in [-0.39, 0.29) is 31.9 Å². The molecule has 2 rings (SSSR count). The quantitative estimate of drug-likeness (QED) is 0.409. The molecule has 2 aromatic carbocycles. The molecule has 0 bridgehead atoms. The van der Waals surface area contributed by atoms with Crippen LogP contribution in [-0.2, 0) is 19.4 Å². The molecule has 0 aliphatic rings. The van der Waals surface area contributed by atoms with Crippen LogP contribution in [0.15, 0.2) is 41.3 Å². The minimum atomic E-state index is -3.51. The lowest BCUT2D eigenvalue weighted by Gasteiger charge is -2.10. The standard InChI is InChI=1S/C16H12Cl2N2O7S/c1-28(25,26)10-3-5-12(17)14(7-10)19-15(21)8-27-16(22)11-4-2-9(20(23)24)6-13(11)18/h2-7H,8H2,1H3,(H,19,21). The number of sulfone groups is 1. The van der Waals surface area contributed by atoms with Crippen molar-refractivity contribution in [3.8, 4) is 0 Å². The summed E-state index contributed by atoms with van der Waals surface area (Å²) in [6, 6.07) is 6.91. The first kappa shape index (κ1) is 21.6. The number of hydrogen-bond acceptors (Lipinski definition) is 7. The Kier molecular flexibility index (Phi) is 6.60. The van der Waals surface area contributed by atoms with E-state index < -0.39 is 33.2 Å². The van der Waals surface area contributed by atoms with Gasteiger partial charge in [-0.3, -0.25) is 14.9 Å². The van der Waals surface area contributed by atoms with E-state index in [2.05, 4.69) is 5.32 Å². The molecule has 0 radical (unpaired) electrons. The molecule has 0 spiro atoms. The molecule has 0 aromatic heterocycles. The van der Waals surface area contributed by atoms with Crippen LogP contribution in [0.3, 0.4) is 0 Å². The van der Waals surface area contributed by atoms with E-state index in [4.69, 9.17) is 27.9 Å². The van der Waals surface area contributed by atoms with Crippen molar-refractivity contribution in [3.05, 3.63) is 62.1 Å². The van der Waals surface area contributed by atoms with Crippen LogP contribution in [0.5, 0.6) is 0 Å². The average molecular weight is 447 g/mol. The van der Waals surface area contributed by atoms with Crippen LogP contribution in [0.25, 0.3) is 0 Å². The van der Waals surface area contributed by atoms with Gasteiger partial charge in [-0.2, -0.15) is 0 Å². The van der Waals surface area contributed by atoms with Gasteiger partial charge in [0.05, 0.1) is 31.1 Å². The molecule has 1 amide bonds. The predicted molar refractivity (Wildman–Crippen MR) is 102 cm³/mol. The van der Waals surface area contributed by atoms with Crippen molar-refractivity contribution in [2.24, 2.45) is 0 Å². The Morgan fingerprint density at radius 1 is 1.14 bits per heavy atom. The van der Waals surface area contributed by atoms with Gasteiger partial charge in [0.15, 0.2) is 16.4 Å². The number of nitrogens with zero attached hydrogens (tertiary/aromatic N) is 1. The Labute approximate surface area is 169 Å². The molecule has 0 saturated heterocycles.